The Kier molecular flexibility index (Phi) is 6.29. The summed E-state index contributed by atoms with van der Waals surface area (Å²) in [5.41, 5.74) is 4.46. The third-order valence-corrected chi connectivity index (χ3v) is 5.41. The average molecular weight is 287 g/mol. The molecule has 1 aromatic carbocycles. The zero-order chi connectivity index (χ0) is 15.2. The van der Waals surface area contributed by atoms with Crippen LogP contribution in [-0.4, -0.2) is 13.1 Å². The van der Waals surface area contributed by atoms with Crippen LogP contribution in [0.1, 0.15) is 68.6 Å². The molecule has 0 amide bonds. The number of hydrogen-bond acceptors (Lipinski definition) is 1. The first-order chi connectivity index (χ1) is 10.2. The van der Waals surface area contributed by atoms with Gasteiger partial charge in [-0.2, -0.15) is 0 Å². The topological polar surface area (TPSA) is 12.0 Å². The third kappa shape index (κ3) is 4.32. The van der Waals surface area contributed by atoms with Crippen molar-refractivity contribution in [3.05, 3.63) is 34.9 Å². The van der Waals surface area contributed by atoms with Crippen LogP contribution in [0, 0.1) is 25.7 Å². The molecular formula is C20H33N. The van der Waals surface area contributed by atoms with Crippen molar-refractivity contribution in [3.8, 4) is 0 Å². The smallest absolute Gasteiger partial charge is 0.00148 e. The number of benzene rings is 1. The van der Waals surface area contributed by atoms with Crippen LogP contribution in [0.15, 0.2) is 18.2 Å². The van der Waals surface area contributed by atoms with Gasteiger partial charge in [-0.3, -0.25) is 0 Å². The summed E-state index contributed by atoms with van der Waals surface area (Å²) in [7, 11) is 0. The van der Waals surface area contributed by atoms with Gasteiger partial charge in [-0.05, 0) is 74.2 Å². The molecule has 3 atom stereocenters. The van der Waals surface area contributed by atoms with Crippen LogP contribution in [0.4, 0.5) is 0 Å². The molecule has 1 nitrogen and oxygen atoms in total. The molecule has 1 N–H and O–H groups in total. The molecule has 0 aromatic heterocycles. The molecule has 0 saturated heterocycles. The van der Waals surface area contributed by atoms with E-state index >= 15 is 0 Å². The first-order valence-corrected chi connectivity index (χ1v) is 8.93. The summed E-state index contributed by atoms with van der Waals surface area (Å²) in [6.45, 7) is 11.3. The quantitative estimate of drug-likeness (QED) is 0.757. The minimum Gasteiger partial charge on any atom is -0.317 e. The Hall–Kier alpha value is -0.820. The normalized spacial score (nSPS) is 26.0. The van der Waals surface area contributed by atoms with Crippen LogP contribution >= 0.6 is 0 Å². The van der Waals surface area contributed by atoms with Crippen LogP contribution in [-0.2, 0) is 0 Å². The second-order valence-corrected chi connectivity index (χ2v) is 6.99. The van der Waals surface area contributed by atoms with Gasteiger partial charge >= 0.3 is 0 Å². The lowest BCUT2D eigenvalue weighted by molar-refractivity contribution is 0.221. The fourth-order valence-electron chi connectivity index (χ4n) is 3.97. The number of hydrogen-bond donors (Lipinski definition) is 1. The Morgan fingerprint density at radius 2 is 1.90 bits per heavy atom. The first-order valence-electron chi connectivity index (χ1n) is 8.93. The lowest BCUT2D eigenvalue weighted by Crippen LogP contribution is -2.32. The maximum absolute atomic E-state index is 3.59. The number of rotatable bonds is 6. The lowest BCUT2D eigenvalue weighted by Gasteiger charge is -2.37. The molecule has 0 radical (unpaired) electrons. The van der Waals surface area contributed by atoms with Crippen LogP contribution in [0.2, 0.25) is 0 Å². The monoisotopic (exact) mass is 287 g/mol. The molecule has 0 heterocycles. The standard InChI is InChI=1S/C20H33N/c1-5-7-17-9-11-19(14-21-6-2)20(13-17)18-10-8-15(3)16(4)12-18/h8,10,12,17,19-21H,5-7,9,11,13-14H2,1-4H3. The fourth-order valence-corrected chi connectivity index (χ4v) is 3.97. The fraction of sp³-hybridized carbons (Fsp3) is 0.700. The van der Waals surface area contributed by atoms with E-state index in [1.807, 2.05) is 0 Å². The number of aryl methyl sites for hydroxylation is 2. The van der Waals surface area contributed by atoms with Crippen molar-refractivity contribution in [1.82, 2.24) is 5.32 Å². The molecule has 1 aliphatic rings. The minimum absolute atomic E-state index is 0.758. The third-order valence-electron chi connectivity index (χ3n) is 5.41. The maximum atomic E-state index is 3.59. The molecule has 1 aromatic rings. The van der Waals surface area contributed by atoms with Gasteiger partial charge in [0.25, 0.3) is 0 Å². The minimum atomic E-state index is 0.758. The van der Waals surface area contributed by atoms with E-state index in [0.29, 0.717) is 0 Å². The Morgan fingerprint density at radius 1 is 1.10 bits per heavy atom. The van der Waals surface area contributed by atoms with Gasteiger partial charge < -0.3 is 5.32 Å². The van der Waals surface area contributed by atoms with E-state index in [1.54, 1.807) is 5.56 Å². The number of nitrogens with one attached hydrogen (secondary N) is 1. The van der Waals surface area contributed by atoms with E-state index in [4.69, 9.17) is 0 Å². The van der Waals surface area contributed by atoms with Crippen molar-refractivity contribution < 1.29 is 0 Å². The highest BCUT2D eigenvalue weighted by molar-refractivity contribution is 5.32. The van der Waals surface area contributed by atoms with Crippen molar-refractivity contribution in [2.75, 3.05) is 13.1 Å². The second-order valence-electron chi connectivity index (χ2n) is 6.99. The highest BCUT2D eigenvalue weighted by Crippen LogP contribution is 2.42. The van der Waals surface area contributed by atoms with Gasteiger partial charge in [-0.15, -0.1) is 0 Å². The van der Waals surface area contributed by atoms with Crippen molar-refractivity contribution in [3.63, 3.8) is 0 Å². The zero-order valence-corrected chi connectivity index (χ0v) is 14.4. The van der Waals surface area contributed by atoms with Gasteiger partial charge in [0.05, 0.1) is 0 Å². The molecule has 1 saturated carbocycles. The molecular weight excluding hydrogens is 254 g/mol. The van der Waals surface area contributed by atoms with Gasteiger partial charge in [0.1, 0.15) is 0 Å². The van der Waals surface area contributed by atoms with Crippen LogP contribution < -0.4 is 5.32 Å². The van der Waals surface area contributed by atoms with Crippen molar-refractivity contribution in [1.29, 1.82) is 0 Å². The molecule has 0 bridgehead atoms. The van der Waals surface area contributed by atoms with Gasteiger partial charge in [-0.1, -0.05) is 51.3 Å². The average Bonchev–Trinajstić information content (AvgIpc) is 2.49. The molecule has 3 unspecified atom stereocenters. The first kappa shape index (κ1) is 16.5. The van der Waals surface area contributed by atoms with Crippen LogP contribution in [0.5, 0.6) is 0 Å². The van der Waals surface area contributed by atoms with Gasteiger partial charge in [0.2, 0.25) is 0 Å². The summed E-state index contributed by atoms with van der Waals surface area (Å²) < 4.78 is 0. The van der Waals surface area contributed by atoms with Crippen LogP contribution in [0.25, 0.3) is 0 Å². The summed E-state index contributed by atoms with van der Waals surface area (Å²) in [5, 5.41) is 3.59. The van der Waals surface area contributed by atoms with Gasteiger partial charge in [-0.25, -0.2) is 0 Å². The largest absolute Gasteiger partial charge is 0.317 e. The molecule has 1 heteroatoms. The Labute approximate surface area is 131 Å². The Morgan fingerprint density at radius 3 is 2.57 bits per heavy atom. The molecule has 1 aliphatic carbocycles. The summed E-state index contributed by atoms with van der Waals surface area (Å²) in [4.78, 5) is 0. The summed E-state index contributed by atoms with van der Waals surface area (Å²) >= 11 is 0. The van der Waals surface area contributed by atoms with E-state index in [2.05, 4.69) is 51.2 Å². The van der Waals surface area contributed by atoms with E-state index < -0.39 is 0 Å². The summed E-state index contributed by atoms with van der Waals surface area (Å²) in [6, 6.07) is 7.16. The second kappa shape index (κ2) is 7.98. The molecule has 0 spiro atoms. The van der Waals surface area contributed by atoms with E-state index in [-0.39, 0.29) is 0 Å². The van der Waals surface area contributed by atoms with Crippen LogP contribution in [0.3, 0.4) is 0 Å². The van der Waals surface area contributed by atoms with E-state index in [9.17, 15) is 0 Å². The molecule has 0 aliphatic heterocycles. The predicted octanol–water partition coefficient (Wildman–Crippen LogP) is 5.21. The molecule has 2 rings (SSSR count). The van der Waals surface area contributed by atoms with Crippen molar-refractivity contribution in [2.24, 2.45) is 11.8 Å². The predicted molar refractivity (Wildman–Crippen MR) is 92.9 cm³/mol. The van der Waals surface area contributed by atoms with E-state index in [0.717, 1.165) is 24.3 Å². The molecule has 21 heavy (non-hydrogen) atoms. The lowest BCUT2D eigenvalue weighted by atomic mass is 9.69. The SMILES string of the molecule is CCCC1CCC(CNCC)C(c2ccc(C)c(C)c2)C1. The van der Waals surface area contributed by atoms with Gasteiger partial charge in [0.15, 0.2) is 0 Å². The molecule has 1 fully saturated rings. The summed E-state index contributed by atoms with van der Waals surface area (Å²) in [5.74, 6) is 2.52. The highest BCUT2D eigenvalue weighted by Gasteiger charge is 2.30. The van der Waals surface area contributed by atoms with Gasteiger partial charge in [0, 0.05) is 0 Å². The Balaban J connectivity index is 2.16. The Bertz CT molecular complexity index is 437. The zero-order valence-electron chi connectivity index (χ0n) is 14.4. The highest BCUT2D eigenvalue weighted by atomic mass is 14.8. The van der Waals surface area contributed by atoms with Crippen molar-refractivity contribution in [2.45, 2.75) is 65.7 Å². The summed E-state index contributed by atoms with van der Waals surface area (Å²) in [6.07, 6.45) is 6.98. The maximum Gasteiger partial charge on any atom is -0.00148 e. The van der Waals surface area contributed by atoms with Crippen molar-refractivity contribution >= 4 is 0 Å². The molecule has 118 valence electrons. The van der Waals surface area contributed by atoms with E-state index in [1.165, 1.54) is 49.8 Å².